The van der Waals surface area contributed by atoms with Crippen molar-refractivity contribution in [2.75, 3.05) is 45.2 Å². The summed E-state index contributed by atoms with van der Waals surface area (Å²) in [6.07, 6.45) is -3.19. The van der Waals surface area contributed by atoms with E-state index < -0.39 is 11.7 Å². The molecule has 0 bridgehead atoms. The number of likely N-dealkylation sites (N-methyl/N-ethyl adjacent to an activating group) is 1. The minimum absolute atomic E-state index is 0.581. The highest BCUT2D eigenvalue weighted by Crippen LogP contribution is 2.30. The molecule has 0 aliphatic carbocycles. The van der Waals surface area contributed by atoms with Crippen molar-refractivity contribution < 1.29 is 17.7 Å². The summed E-state index contributed by atoms with van der Waals surface area (Å²) < 4.78 is 38.5. The van der Waals surface area contributed by atoms with E-state index in [4.69, 9.17) is 0 Å². The van der Waals surface area contributed by atoms with Crippen LogP contribution >= 0.6 is 0 Å². The van der Waals surface area contributed by atoms with Gasteiger partial charge in [-0.1, -0.05) is 0 Å². The van der Waals surface area contributed by atoms with Gasteiger partial charge in [-0.2, -0.15) is 13.2 Å². The molecule has 1 aliphatic heterocycles. The summed E-state index contributed by atoms with van der Waals surface area (Å²) >= 11 is 0. The summed E-state index contributed by atoms with van der Waals surface area (Å²) in [5.74, 6) is 0. The fourth-order valence-electron chi connectivity index (χ4n) is 2.42. The van der Waals surface area contributed by atoms with Gasteiger partial charge in [0.15, 0.2) is 0 Å². The van der Waals surface area contributed by atoms with E-state index in [0.717, 1.165) is 42.8 Å². The van der Waals surface area contributed by atoms with E-state index in [1.54, 1.807) is 12.1 Å². The average molecular weight is 273 g/mol. The number of quaternary nitrogens is 1. The molecule has 1 aromatic carbocycles. The van der Waals surface area contributed by atoms with Crippen molar-refractivity contribution in [3.63, 3.8) is 0 Å². The average Bonchev–Trinajstić information content (AvgIpc) is 2.49. The zero-order valence-electron chi connectivity index (χ0n) is 11.4. The van der Waals surface area contributed by atoms with Gasteiger partial charge in [0.1, 0.15) is 0 Å². The first kappa shape index (κ1) is 14.2. The summed E-state index contributed by atoms with van der Waals surface area (Å²) in [6, 6.07) is 5.49. The van der Waals surface area contributed by atoms with Gasteiger partial charge < -0.3 is 9.38 Å². The van der Waals surface area contributed by atoms with Crippen LogP contribution in [0.2, 0.25) is 0 Å². The molecule has 1 heterocycles. The third kappa shape index (κ3) is 3.62. The number of benzene rings is 1. The molecule has 0 spiro atoms. The maximum absolute atomic E-state index is 12.5. The van der Waals surface area contributed by atoms with Crippen LogP contribution in [0.3, 0.4) is 0 Å². The van der Waals surface area contributed by atoms with E-state index >= 15 is 0 Å². The topological polar surface area (TPSA) is 3.24 Å². The molecule has 0 N–H and O–H groups in total. The Morgan fingerprint density at radius 3 is 2.21 bits per heavy atom. The highest BCUT2D eigenvalue weighted by molar-refractivity contribution is 5.48. The molecule has 5 heteroatoms. The smallest absolute Gasteiger partial charge is 0.366 e. The van der Waals surface area contributed by atoms with Gasteiger partial charge in [-0.05, 0) is 24.3 Å². The maximum atomic E-state index is 12.5. The third-order valence-corrected chi connectivity index (χ3v) is 3.73. The lowest BCUT2D eigenvalue weighted by atomic mass is 10.2. The lowest BCUT2D eigenvalue weighted by molar-refractivity contribution is -0.887. The molecule has 1 fully saturated rings. The third-order valence-electron chi connectivity index (χ3n) is 3.73. The molecule has 0 aromatic heterocycles. The van der Waals surface area contributed by atoms with Crippen LogP contribution in [-0.4, -0.2) is 44.8 Å². The second-order valence-corrected chi connectivity index (χ2v) is 5.77. The van der Waals surface area contributed by atoms with Crippen LogP contribution < -0.4 is 4.90 Å². The summed E-state index contributed by atoms with van der Waals surface area (Å²) in [5.41, 5.74) is 0.303. The van der Waals surface area contributed by atoms with Crippen molar-refractivity contribution in [2.45, 2.75) is 12.6 Å². The Hall–Kier alpha value is -1.23. The molecule has 0 amide bonds. The number of alkyl halides is 3. The molecule has 0 saturated carbocycles. The summed E-state index contributed by atoms with van der Waals surface area (Å²) in [6.45, 7) is 3.92. The first-order valence-electron chi connectivity index (χ1n) is 6.52. The summed E-state index contributed by atoms with van der Waals surface area (Å²) in [4.78, 5) is 2.17. The highest BCUT2D eigenvalue weighted by Gasteiger charge is 2.30. The van der Waals surface area contributed by atoms with Gasteiger partial charge in [0.05, 0.1) is 39.3 Å². The van der Waals surface area contributed by atoms with Crippen molar-refractivity contribution in [1.82, 2.24) is 0 Å². The fourth-order valence-corrected chi connectivity index (χ4v) is 2.42. The van der Waals surface area contributed by atoms with Gasteiger partial charge in [-0.3, -0.25) is 0 Å². The second-order valence-electron chi connectivity index (χ2n) is 5.77. The molecule has 106 valence electrons. The Morgan fingerprint density at radius 1 is 1.00 bits per heavy atom. The number of anilines is 1. The molecule has 2 nitrogen and oxygen atoms in total. The van der Waals surface area contributed by atoms with Crippen LogP contribution in [0, 0.1) is 0 Å². The van der Waals surface area contributed by atoms with Crippen molar-refractivity contribution in [2.24, 2.45) is 0 Å². The number of halogens is 3. The molecule has 0 unspecified atom stereocenters. The van der Waals surface area contributed by atoms with Crippen LogP contribution in [0.15, 0.2) is 24.3 Å². The Bertz CT molecular complexity index is 423. The Balaban J connectivity index is 2.10. The number of hydrogen-bond acceptors (Lipinski definition) is 1. The monoisotopic (exact) mass is 273 g/mol. The van der Waals surface area contributed by atoms with Crippen molar-refractivity contribution in [3.05, 3.63) is 29.8 Å². The molecule has 0 atom stereocenters. The van der Waals surface area contributed by atoms with Gasteiger partial charge in [0.2, 0.25) is 0 Å². The highest BCUT2D eigenvalue weighted by atomic mass is 19.4. The van der Waals surface area contributed by atoms with Crippen LogP contribution in [0.4, 0.5) is 18.9 Å². The molecule has 0 radical (unpaired) electrons. The SMILES string of the molecule is C[N+]1(C)CCCN(c2ccc(C(F)(F)F)cc2)CC1. The van der Waals surface area contributed by atoms with Gasteiger partial charge in [-0.15, -0.1) is 0 Å². The summed E-state index contributed by atoms with van der Waals surface area (Å²) in [7, 11) is 4.38. The van der Waals surface area contributed by atoms with Gasteiger partial charge >= 0.3 is 6.18 Å². The van der Waals surface area contributed by atoms with E-state index in [-0.39, 0.29) is 0 Å². The lowest BCUT2D eigenvalue weighted by Gasteiger charge is -2.28. The van der Waals surface area contributed by atoms with Crippen LogP contribution in [0.5, 0.6) is 0 Å². The largest absolute Gasteiger partial charge is 0.416 e. The van der Waals surface area contributed by atoms with E-state index in [0.29, 0.717) is 0 Å². The molecular formula is C14H20F3N2+. The van der Waals surface area contributed by atoms with E-state index in [2.05, 4.69) is 19.0 Å². The fraction of sp³-hybridized carbons (Fsp3) is 0.571. The Labute approximate surface area is 112 Å². The van der Waals surface area contributed by atoms with Gasteiger partial charge in [0.25, 0.3) is 0 Å². The quantitative estimate of drug-likeness (QED) is 0.711. The summed E-state index contributed by atoms with van der Waals surface area (Å²) in [5, 5.41) is 0. The predicted molar refractivity (Wildman–Crippen MR) is 70.1 cm³/mol. The zero-order valence-corrected chi connectivity index (χ0v) is 11.4. The first-order chi connectivity index (χ1) is 8.78. The van der Waals surface area contributed by atoms with E-state index in [1.807, 2.05) is 0 Å². The standard InChI is InChI=1S/C14H20F3N2/c1-19(2)10-3-8-18(9-11-19)13-6-4-12(5-7-13)14(15,16)17/h4-7H,3,8-11H2,1-2H3/q+1. The van der Waals surface area contributed by atoms with Gasteiger partial charge in [0, 0.05) is 18.7 Å². The number of nitrogens with zero attached hydrogens (tertiary/aromatic N) is 2. The molecule has 1 aliphatic rings. The van der Waals surface area contributed by atoms with E-state index in [9.17, 15) is 13.2 Å². The van der Waals surface area contributed by atoms with Crippen LogP contribution in [0.25, 0.3) is 0 Å². The van der Waals surface area contributed by atoms with Crippen molar-refractivity contribution in [3.8, 4) is 0 Å². The van der Waals surface area contributed by atoms with Crippen molar-refractivity contribution in [1.29, 1.82) is 0 Å². The first-order valence-corrected chi connectivity index (χ1v) is 6.52. The molecule has 1 aromatic rings. The lowest BCUT2D eigenvalue weighted by Crippen LogP contribution is -2.42. The molecular weight excluding hydrogens is 253 g/mol. The van der Waals surface area contributed by atoms with E-state index in [1.165, 1.54) is 12.1 Å². The Morgan fingerprint density at radius 2 is 1.63 bits per heavy atom. The molecule has 2 rings (SSSR count). The van der Waals surface area contributed by atoms with Crippen LogP contribution in [0.1, 0.15) is 12.0 Å². The van der Waals surface area contributed by atoms with Crippen molar-refractivity contribution >= 4 is 5.69 Å². The van der Waals surface area contributed by atoms with Crippen LogP contribution in [-0.2, 0) is 6.18 Å². The number of rotatable bonds is 1. The minimum atomic E-state index is -4.25. The number of hydrogen-bond donors (Lipinski definition) is 0. The Kier molecular flexibility index (Phi) is 3.76. The minimum Gasteiger partial charge on any atom is -0.366 e. The second kappa shape index (κ2) is 5.04. The maximum Gasteiger partial charge on any atom is 0.416 e. The zero-order chi connectivity index (χ0) is 14.1. The molecule has 19 heavy (non-hydrogen) atoms. The predicted octanol–water partition coefficient (Wildman–Crippen LogP) is 2.99. The molecule has 1 saturated heterocycles. The van der Waals surface area contributed by atoms with Gasteiger partial charge in [-0.25, -0.2) is 0 Å². The normalized spacial score (nSPS) is 20.2.